The maximum absolute atomic E-state index is 13.2. The molecular weight excluding hydrogens is 387 g/mol. The smallest absolute Gasteiger partial charge is 0.306 e. The molecule has 1 aliphatic rings. The number of thioether (sulfide) groups is 1. The number of amides is 1. The summed E-state index contributed by atoms with van der Waals surface area (Å²) in [7, 11) is 0. The van der Waals surface area contributed by atoms with Crippen molar-refractivity contribution in [3.05, 3.63) is 59.9 Å². The molecule has 0 fully saturated rings. The summed E-state index contributed by atoms with van der Waals surface area (Å²) in [4.78, 5) is 23.8. The highest BCUT2D eigenvalue weighted by Gasteiger charge is 2.34. The van der Waals surface area contributed by atoms with Crippen molar-refractivity contribution in [3.63, 3.8) is 0 Å². The second-order valence-corrected chi connectivity index (χ2v) is 8.08. The molecular formula is C20H16F3N3OS. The zero-order valence-electron chi connectivity index (χ0n) is 14.9. The highest BCUT2D eigenvalue weighted by molar-refractivity contribution is 8.00. The lowest BCUT2D eigenvalue weighted by Crippen LogP contribution is -2.33. The minimum absolute atomic E-state index is 0.113. The number of anilines is 1. The molecule has 4 rings (SSSR count). The summed E-state index contributed by atoms with van der Waals surface area (Å²) in [6.45, 7) is 2.31. The number of hydrogen-bond donors (Lipinski definition) is 0. The first-order valence-corrected chi connectivity index (χ1v) is 9.62. The number of benzene rings is 2. The van der Waals surface area contributed by atoms with Gasteiger partial charge in [-0.3, -0.25) is 9.78 Å². The average molecular weight is 403 g/mol. The summed E-state index contributed by atoms with van der Waals surface area (Å²) < 4.78 is 39.7. The zero-order valence-corrected chi connectivity index (χ0v) is 15.7. The van der Waals surface area contributed by atoms with Crippen LogP contribution in [0.1, 0.15) is 29.4 Å². The lowest BCUT2D eigenvalue weighted by atomic mass is 10.1. The quantitative estimate of drug-likeness (QED) is 0.562. The van der Waals surface area contributed by atoms with Gasteiger partial charge in [0.1, 0.15) is 5.69 Å². The Labute approximate surface area is 163 Å². The number of carbonyl (C=O) groups excluding carboxylic acids is 1. The number of aromatic nitrogens is 2. The molecule has 0 N–H and O–H groups in total. The maximum Gasteiger partial charge on any atom is 0.416 e. The van der Waals surface area contributed by atoms with E-state index in [9.17, 15) is 18.0 Å². The Bertz CT molecular complexity index is 1050. The second kappa shape index (κ2) is 7.09. The Morgan fingerprint density at radius 2 is 1.93 bits per heavy atom. The van der Waals surface area contributed by atoms with Gasteiger partial charge in [0.2, 0.25) is 0 Å². The molecule has 0 saturated carbocycles. The molecule has 0 saturated heterocycles. The van der Waals surface area contributed by atoms with Gasteiger partial charge in [-0.2, -0.15) is 13.2 Å². The van der Waals surface area contributed by atoms with E-state index in [0.29, 0.717) is 28.9 Å². The van der Waals surface area contributed by atoms with Crippen molar-refractivity contribution in [1.82, 2.24) is 9.97 Å². The fourth-order valence-electron chi connectivity index (χ4n) is 3.12. The molecule has 1 aliphatic heterocycles. The van der Waals surface area contributed by atoms with Crippen LogP contribution in [0, 0.1) is 0 Å². The second-order valence-electron chi connectivity index (χ2n) is 6.60. The molecule has 1 amide bonds. The number of nitrogens with zero attached hydrogens (tertiary/aromatic N) is 3. The van der Waals surface area contributed by atoms with Gasteiger partial charge in [0.15, 0.2) is 0 Å². The normalized spacial score (nSPS) is 17.3. The van der Waals surface area contributed by atoms with E-state index >= 15 is 0 Å². The van der Waals surface area contributed by atoms with Gasteiger partial charge in [-0.15, -0.1) is 11.8 Å². The van der Waals surface area contributed by atoms with Gasteiger partial charge in [0.05, 0.1) is 28.5 Å². The van der Waals surface area contributed by atoms with Crippen molar-refractivity contribution in [2.45, 2.75) is 29.7 Å². The predicted octanol–water partition coefficient (Wildman–Crippen LogP) is 5.18. The summed E-state index contributed by atoms with van der Waals surface area (Å²) >= 11 is 1.47. The average Bonchev–Trinajstić information content (AvgIpc) is 2.84. The van der Waals surface area contributed by atoms with Crippen LogP contribution in [-0.4, -0.2) is 27.7 Å². The Morgan fingerprint density at radius 3 is 2.68 bits per heavy atom. The van der Waals surface area contributed by atoms with E-state index in [-0.39, 0.29) is 16.6 Å². The summed E-state index contributed by atoms with van der Waals surface area (Å²) in [5.74, 6) is -0.450. The van der Waals surface area contributed by atoms with Crippen molar-refractivity contribution in [2.24, 2.45) is 0 Å². The zero-order chi connectivity index (χ0) is 19.9. The monoisotopic (exact) mass is 403 g/mol. The molecule has 144 valence electrons. The van der Waals surface area contributed by atoms with E-state index in [1.807, 2.05) is 13.0 Å². The number of alkyl halides is 3. The van der Waals surface area contributed by atoms with Gasteiger partial charge in [0.25, 0.3) is 5.91 Å². The molecule has 4 nitrogen and oxygen atoms in total. The van der Waals surface area contributed by atoms with Gasteiger partial charge >= 0.3 is 6.18 Å². The first kappa shape index (κ1) is 18.7. The third-order valence-electron chi connectivity index (χ3n) is 4.58. The predicted molar refractivity (Wildman–Crippen MR) is 103 cm³/mol. The highest BCUT2D eigenvalue weighted by atomic mass is 32.2. The molecule has 8 heteroatoms. The number of hydrogen-bond acceptors (Lipinski definition) is 4. The number of fused-ring (bicyclic) bond motifs is 2. The van der Waals surface area contributed by atoms with Crippen LogP contribution < -0.4 is 4.90 Å². The van der Waals surface area contributed by atoms with Crippen LogP contribution in [0.4, 0.5) is 18.9 Å². The number of para-hydroxylation sites is 2. The molecule has 1 atom stereocenters. The van der Waals surface area contributed by atoms with E-state index in [1.54, 1.807) is 18.2 Å². The fraction of sp³-hybridized carbons (Fsp3) is 0.250. The van der Waals surface area contributed by atoms with Crippen LogP contribution in [0.25, 0.3) is 11.0 Å². The van der Waals surface area contributed by atoms with Crippen LogP contribution in [0.3, 0.4) is 0 Å². The molecule has 0 bridgehead atoms. The Balaban J connectivity index is 1.78. The van der Waals surface area contributed by atoms with Crippen molar-refractivity contribution >= 4 is 34.4 Å². The van der Waals surface area contributed by atoms with Crippen molar-refractivity contribution < 1.29 is 18.0 Å². The highest BCUT2D eigenvalue weighted by Crippen LogP contribution is 2.41. The standard InChI is InChI=1S/C20H16F3N3OS/c1-12-8-9-26(17-10-13(20(21,22)23)6-7-18(17)28-12)19(27)16-11-24-14-4-2-3-5-15(14)25-16/h2-7,10-12H,8-9H2,1H3/t12-/m0/s1. The van der Waals surface area contributed by atoms with Crippen molar-refractivity contribution in [1.29, 1.82) is 0 Å². The van der Waals surface area contributed by atoms with Gasteiger partial charge in [-0.25, -0.2) is 4.98 Å². The first-order valence-electron chi connectivity index (χ1n) is 8.74. The largest absolute Gasteiger partial charge is 0.416 e. The topological polar surface area (TPSA) is 46.1 Å². The van der Waals surface area contributed by atoms with Gasteiger partial charge < -0.3 is 4.90 Å². The minimum atomic E-state index is -4.48. The Kier molecular flexibility index (Phi) is 4.74. The molecule has 0 radical (unpaired) electrons. The van der Waals surface area contributed by atoms with E-state index in [0.717, 1.165) is 12.1 Å². The van der Waals surface area contributed by atoms with Gasteiger partial charge in [0, 0.05) is 16.7 Å². The fourth-order valence-corrected chi connectivity index (χ4v) is 4.21. The molecule has 28 heavy (non-hydrogen) atoms. The van der Waals surface area contributed by atoms with E-state index in [1.165, 1.54) is 28.9 Å². The maximum atomic E-state index is 13.2. The molecule has 0 spiro atoms. The molecule has 2 aromatic carbocycles. The van der Waals surface area contributed by atoms with E-state index in [4.69, 9.17) is 0 Å². The summed E-state index contributed by atoms with van der Waals surface area (Å²) in [5, 5.41) is 0.177. The molecule has 0 unspecified atom stereocenters. The molecule has 2 heterocycles. The number of halogens is 3. The van der Waals surface area contributed by atoms with Crippen LogP contribution in [0.15, 0.2) is 53.6 Å². The Morgan fingerprint density at radius 1 is 1.18 bits per heavy atom. The van der Waals surface area contributed by atoms with Gasteiger partial charge in [-0.05, 0) is 36.8 Å². The summed E-state index contributed by atoms with van der Waals surface area (Å²) in [5.41, 5.74) is 0.823. The third-order valence-corrected chi connectivity index (χ3v) is 5.81. The third kappa shape index (κ3) is 3.56. The van der Waals surface area contributed by atoms with Crippen molar-refractivity contribution in [2.75, 3.05) is 11.4 Å². The van der Waals surface area contributed by atoms with Crippen LogP contribution in [-0.2, 0) is 6.18 Å². The summed E-state index contributed by atoms with van der Waals surface area (Å²) in [6.07, 6.45) is -2.44. The van der Waals surface area contributed by atoms with E-state index < -0.39 is 17.6 Å². The van der Waals surface area contributed by atoms with Crippen LogP contribution in [0.5, 0.6) is 0 Å². The molecule has 0 aliphatic carbocycles. The summed E-state index contributed by atoms with van der Waals surface area (Å²) in [6, 6.07) is 10.7. The number of rotatable bonds is 1. The lowest BCUT2D eigenvalue weighted by Gasteiger charge is -2.23. The van der Waals surface area contributed by atoms with E-state index in [2.05, 4.69) is 9.97 Å². The first-order chi connectivity index (χ1) is 13.3. The van der Waals surface area contributed by atoms with Crippen molar-refractivity contribution in [3.8, 4) is 0 Å². The Hall–Kier alpha value is -2.61. The SMILES string of the molecule is C[C@H]1CCN(C(=O)c2cnc3ccccc3n2)c2cc(C(F)(F)F)ccc2S1. The number of carbonyl (C=O) groups is 1. The molecule has 1 aromatic heterocycles. The lowest BCUT2D eigenvalue weighted by molar-refractivity contribution is -0.137. The van der Waals surface area contributed by atoms with Crippen LogP contribution >= 0.6 is 11.8 Å². The van der Waals surface area contributed by atoms with Crippen LogP contribution in [0.2, 0.25) is 0 Å². The molecule has 3 aromatic rings. The van der Waals surface area contributed by atoms with Gasteiger partial charge in [-0.1, -0.05) is 19.1 Å². The minimum Gasteiger partial charge on any atom is -0.306 e.